The molecule has 1 aliphatic heterocycles. The predicted molar refractivity (Wildman–Crippen MR) is 94.2 cm³/mol. The first kappa shape index (κ1) is 17.9. The molecule has 1 unspecified atom stereocenters. The average Bonchev–Trinajstić information content (AvgIpc) is 2.58. The molecule has 0 saturated carbocycles. The molecule has 3 nitrogen and oxygen atoms in total. The minimum atomic E-state index is -0.124. The Morgan fingerprint density at radius 1 is 1.22 bits per heavy atom. The third-order valence-electron chi connectivity index (χ3n) is 4.37. The van der Waals surface area contributed by atoms with Gasteiger partial charge in [0.1, 0.15) is 5.82 Å². The van der Waals surface area contributed by atoms with Gasteiger partial charge in [-0.25, -0.2) is 4.39 Å². The van der Waals surface area contributed by atoms with Crippen LogP contribution in [0.3, 0.4) is 0 Å². The Morgan fingerprint density at radius 2 is 2.00 bits per heavy atom. The topological polar surface area (TPSA) is 28.2 Å². The van der Waals surface area contributed by atoms with Crippen molar-refractivity contribution >= 4 is 12.4 Å². The summed E-state index contributed by atoms with van der Waals surface area (Å²) in [4.78, 5) is 6.33. The fraction of sp³-hybridized carbons (Fsp3) is 0.389. The van der Waals surface area contributed by atoms with E-state index in [1.165, 1.54) is 12.8 Å². The van der Waals surface area contributed by atoms with Crippen molar-refractivity contribution in [2.45, 2.75) is 25.4 Å². The van der Waals surface area contributed by atoms with Gasteiger partial charge in [-0.05, 0) is 55.8 Å². The van der Waals surface area contributed by atoms with Gasteiger partial charge in [-0.3, -0.25) is 9.88 Å². The van der Waals surface area contributed by atoms with Gasteiger partial charge in [0.2, 0.25) is 0 Å². The third kappa shape index (κ3) is 4.50. The summed E-state index contributed by atoms with van der Waals surface area (Å²) in [5.74, 6) is -0.124. The molecule has 0 bridgehead atoms. The highest BCUT2D eigenvalue weighted by Crippen LogP contribution is 2.23. The van der Waals surface area contributed by atoms with Crippen molar-refractivity contribution in [3.8, 4) is 11.1 Å². The van der Waals surface area contributed by atoms with Crippen molar-refractivity contribution in [1.29, 1.82) is 0 Å². The van der Waals surface area contributed by atoms with E-state index in [-0.39, 0.29) is 18.2 Å². The zero-order valence-electron chi connectivity index (χ0n) is 13.3. The van der Waals surface area contributed by atoms with Crippen LogP contribution in [-0.4, -0.2) is 36.1 Å². The Balaban J connectivity index is 0.00000192. The van der Waals surface area contributed by atoms with Gasteiger partial charge >= 0.3 is 0 Å². The molecule has 3 rings (SSSR count). The van der Waals surface area contributed by atoms with E-state index in [0.717, 1.165) is 29.8 Å². The summed E-state index contributed by atoms with van der Waals surface area (Å²) in [7, 11) is 2.00. The Bertz CT molecular complexity index is 621. The minimum absolute atomic E-state index is 0. The number of rotatable bonds is 4. The van der Waals surface area contributed by atoms with E-state index in [1.54, 1.807) is 18.5 Å². The zero-order valence-corrected chi connectivity index (χ0v) is 14.2. The molecule has 23 heavy (non-hydrogen) atoms. The van der Waals surface area contributed by atoms with Crippen molar-refractivity contribution < 1.29 is 4.39 Å². The number of nitrogens with one attached hydrogen (secondary N) is 1. The molecule has 2 aromatic rings. The second-order valence-electron chi connectivity index (χ2n) is 5.91. The Kier molecular flexibility index (Phi) is 6.51. The van der Waals surface area contributed by atoms with Crippen LogP contribution in [0.5, 0.6) is 0 Å². The molecule has 1 N–H and O–H groups in total. The maximum Gasteiger partial charge on any atom is 0.128 e. The summed E-state index contributed by atoms with van der Waals surface area (Å²) in [6, 6.07) is 9.85. The standard InChI is InChI=1S/C18H22FN3.ClH/c1-20-17-3-2-10-22(13-17)12-16-5-4-15(11-18(16)19)14-6-8-21-9-7-14;/h4-9,11,17,20H,2-3,10,12-13H2,1H3;1H. The highest BCUT2D eigenvalue weighted by Gasteiger charge is 2.19. The Hall–Kier alpha value is -1.49. The van der Waals surface area contributed by atoms with Crippen molar-refractivity contribution in [3.05, 3.63) is 54.1 Å². The number of halogens is 2. The van der Waals surface area contributed by atoms with Gasteiger partial charge in [-0.2, -0.15) is 0 Å². The minimum Gasteiger partial charge on any atom is -0.316 e. The van der Waals surface area contributed by atoms with Gasteiger partial charge in [0.25, 0.3) is 0 Å². The smallest absolute Gasteiger partial charge is 0.128 e. The largest absolute Gasteiger partial charge is 0.316 e. The normalized spacial score (nSPS) is 18.4. The van der Waals surface area contributed by atoms with Crippen LogP contribution in [0, 0.1) is 5.82 Å². The van der Waals surface area contributed by atoms with E-state index in [0.29, 0.717) is 12.6 Å². The molecular weight excluding hydrogens is 313 g/mol. The van der Waals surface area contributed by atoms with Gasteiger partial charge in [-0.1, -0.05) is 12.1 Å². The van der Waals surface area contributed by atoms with E-state index in [2.05, 4.69) is 15.2 Å². The summed E-state index contributed by atoms with van der Waals surface area (Å²) in [5, 5.41) is 3.32. The molecule has 5 heteroatoms. The van der Waals surface area contributed by atoms with Crippen LogP contribution in [0.2, 0.25) is 0 Å². The van der Waals surface area contributed by atoms with E-state index in [1.807, 2.05) is 31.3 Å². The van der Waals surface area contributed by atoms with E-state index < -0.39 is 0 Å². The number of nitrogens with zero attached hydrogens (tertiary/aromatic N) is 2. The van der Waals surface area contributed by atoms with E-state index >= 15 is 0 Å². The lowest BCUT2D eigenvalue weighted by molar-refractivity contribution is 0.186. The molecule has 1 fully saturated rings. The first-order chi connectivity index (χ1) is 10.8. The van der Waals surface area contributed by atoms with E-state index in [4.69, 9.17) is 0 Å². The molecule has 0 amide bonds. The molecule has 1 saturated heterocycles. The first-order valence-electron chi connectivity index (χ1n) is 7.84. The first-order valence-corrected chi connectivity index (χ1v) is 7.84. The number of aromatic nitrogens is 1. The van der Waals surface area contributed by atoms with Gasteiger partial charge in [-0.15, -0.1) is 12.4 Å². The third-order valence-corrected chi connectivity index (χ3v) is 4.37. The zero-order chi connectivity index (χ0) is 15.4. The van der Waals surface area contributed by atoms with Crippen LogP contribution < -0.4 is 5.32 Å². The summed E-state index contributed by atoms with van der Waals surface area (Å²) < 4.78 is 14.4. The monoisotopic (exact) mass is 335 g/mol. The summed E-state index contributed by atoms with van der Waals surface area (Å²) in [6.45, 7) is 2.71. The average molecular weight is 336 g/mol. The van der Waals surface area contributed by atoms with Crippen molar-refractivity contribution in [3.63, 3.8) is 0 Å². The van der Waals surface area contributed by atoms with Crippen molar-refractivity contribution in [2.24, 2.45) is 0 Å². The second kappa shape index (κ2) is 8.39. The predicted octanol–water partition coefficient (Wildman–Crippen LogP) is 3.49. The van der Waals surface area contributed by atoms with Crippen LogP contribution in [0.1, 0.15) is 18.4 Å². The van der Waals surface area contributed by atoms with Gasteiger partial charge < -0.3 is 5.32 Å². The number of pyridine rings is 1. The van der Waals surface area contributed by atoms with E-state index in [9.17, 15) is 4.39 Å². The molecule has 2 heterocycles. The molecule has 0 radical (unpaired) electrons. The Labute approximate surface area is 143 Å². The summed E-state index contributed by atoms with van der Waals surface area (Å²) in [6.07, 6.45) is 5.83. The summed E-state index contributed by atoms with van der Waals surface area (Å²) >= 11 is 0. The number of hydrogen-bond donors (Lipinski definition) is 1. The van der Waals surface area contributed by atoms with Crippen LogP contribution in [0.25, 0.3) is 11.1 Å². The van der Waals surface area contributed by atoms with Crippen molar-refractivity contribution in [1.82, 2.24) is 15.2 Å². The van der Waals surface area contributed by atoms with Crippen LogP contribution in [0.4, 0.5) is 4.39 Å². The lowest BCUT2D eigenvalue weighted by Gasteiger charge is -2.32. The number of hydrogen-bond acceptors (Lipinski definition) is 3. The quantitative estimate of drug-likeness (QED) is 0.927. The molecule has 1 aromatic carbocycles. The van der Waals surface area contributed by atoms with Crippen molar-refractivity contribution in [2.75, 3.05) is 20.1 Å². The number of benzene rings is 1. The molecule has 0 aliphatic carbocycles. The molecule has 1 aromatic heterocycles. The van der Waals surface area contributed by atoms with Gasteiger partial charge in [0.15, 0.2) is 0 Å². The molecule has 1 atom stereocenters. The van der Waals surface area contributed by atoms with Crippen LogP contribution in [-0.2, 0) is 6.54 Å². The molecule has 0 spiro atoms. The Morgan fingerprint density at radius 3 is 2.70 bits per heavy atom. The second-order valence-corrected chi connectivity index (χ2v) is 5.91. The summed E-state index contributed by atoms with van der Waals surface area (Å²) in [5.41, 5.74) is 2.67. The maximum atomic E-state index is 14.4. The molecule has 1 aliphatic rings. The number of piperidine rings is 1. The fourth-order valence-corrected chi connectivity index (χ4v) is 3.08. The molecular formula is C18H23ClFN3. The molecule has 124 valence electrons. The van der Waals surface area contributed by atoms with Crippen LogP contribution in [0.15, 0.2) is 42.7 Å². The highest BCUT2D eigenvalue weighted by molar-refractivity contribution is 5.85. The van der Waals surface area contributed by atoms with Gasteiger partial charge in [0, 0.05) is 37.1 Å². The lowest BCUT2D eigenvalue weighted by atomic mass is 10.0. The fourth-order valence-electron chi connectivity index (χ4n) is 3.08. The van der Waals surface area contributed by atoms with Gasteiger partial charge in [0.05, 0.1) is 0 Å². The SMILES string of the molecule is CNC1CCCN(Cc2ccc(-c3ccncc3)cc2F)C1.Cl. The maximum absolute atomic E-state index is 14.4. The number of likely N-dealkylation sites (tertiary alicyclic amines) is 1. The lowest BCUT2D eigenvalue weighted by Crippen LogP contribution is -2.43. The number of likely N-dealkylation sites (N-methyl/N-ethyl adjacent to an activating group) is 1. The highest BCUT2D eigenvalue weighted by atomic mass is 35.5. The van der Waals surface area contributed by atoms with Crippen LogP contribution >= 0.6 is 12.4 Å².